The molecular formula is C13H20O5S. The lowest BCUT2D eigenvalue weighted by atomic mass is 9.69. The Morgan fingerprint density at radius 3 is 2.79 bits per heavy atom. The molecule has 2 rings (SSSR count). The van der Waals surface area contributed by atoms with Gasteiger partial charge < -0.3 is 14.6 Å². The number of thioether (sulfide) groups is 1. The average Bonchev–Trinajstić information content (AvgIpc) is 2.84. The van der Waals surface area contributed by atoms with Crippen LogP contribution in [-0.2, 0) is 19.1 Å². The first-order valence-electron chi connectivity index (χ1n) is 6.48. The molecule has 3 atom stereocenters. The van der Waals surface area contributed by atoms with Gasteiger partial charge >= 0.3 is 11.9 Å². The zero-order chi connectivity index (χ0) is 14.1. The quantitative estimate of drug-likeness (QED) is 0.627. The Balaban J connectivity index is 2.22. The third-order valence-corrected chi connectivity index (χ3v) is 5.65. The number of carbonyl (C=O) groups is 2. The zero-order valence-electron chi connectivity index (χ0n) is 11.3. The van der Waals surface area contributed by atoms with Crippen molar-refractivity contribution in [1.82, 2.24) is 0 Å². The minimum absolute atomic E-state index is 0.232. The molecule has 5 nitrogen and oxygen atoms in total. The first kappa shape index (κ1) is 14.7. The molecule has 0 amide bonds. The fraction of sp³-hybridized carbons (Fsp3) is 0.846. The van der Waals surface area contributed by atoms with Crippen molar-refractivity contribution in [2.24, 2.45) is 11.3 Å². The van der Waals surface area contributed by atoms with Gasteiger partial charge in [0.25, 0.3) is 0 Å². The summed E-state index contributed by atoms with van der Waals surface area (Å²) in [5.41, 5.74) is -1.71. The van der Waals surface area contributed by atoms with Gasteiger partial charge in [-0.05, 0) is 37.9 Å². The van der Waals surface area contributed by atoms with Crippen LogP contribution in [0.2, 0.25) is 0 Å². The lowest BCUT2D eigenvalue weighted by molar-refractivity contribution is -0.177. The number of hydrogen-bond acceptors (Lipinski definition) is 5. The summed E-state index contributed by atoms with van der Waals surface area (Å²) >= 11 is 1.83. The Labute approximate surface area is 117 Å². The van der Waals surface area contributed by atoms with Gasteiger partial charge in [0.15, 0.2) is 5.41 Å². The fourth-order valence-electron chi connectivity index (χ4n) is 3.02. The summed E-state index contributed by atoms with van der Waals surface area (Å²) in [7, 11) is 1.24. The van der Waals surface area contributed by atoms with Crippen molar-refractivity contribution >= 4 is 23.7 Å². The smallest absolute Gasteiger partial charge is 0.323 e. The summed E-state index contributed by atoms with van der Waals surface area (Å²) < 4.78 is 10.6. The van der Waals surface area contributed by atoms with Crippen LogP contribution in [0.25, 0.3) is 0 Å². The number of esters is 1. The number of carboxylic acid groups (broad SMARTS) is 1. The van der Waals surface area contributed by atoms with Crippen LogP contribution in [0.4, 0.5) is 0 Å². The average molecular weight is 288 g/mol. The molecule has 2 saturated heterocycles. The highest BCUT2D eigenvalue weighted by Crippen LogP contribution is 2.46. The molecule has 0 radical (unpaired) electrons. The summed E-state index contributed by atoms with van der Waals surface area (Å²) in [5, 5.41) is 9.47. The lowest BCUT2D eigenvalue weighted by Gasteiger charge is -2.42. The molecular weight excluding hydrogens is 268 g/mol. The zero-order valence-corrected chi connectivity index (χ0v) is 12.1. The lowest BCUT2D eigenvalue weighted by Crippen LogP contribution is -2.51. The van der Waals surface area contributed by atoms with E-state index < -0.39 is 17.4 Å². The molecule has 0 aromatic carbocycles. The van der Waals surface area contributed by atoms with Gasteiger partial charge in [-0.2, -0.15) is 11.8 Å². The van der Waals surface area contributed by atoms with Gasteiger partial charge in [-0.25, -0.2) is 0 Å². The second-order valence-corrected chi connectivity index (χ2v) is 6.63. The minimum Gasteiger partial charge on any atom is -0.480 e. The number of aliphatic carboxylic acids is 1. The van der Waals surface area contributed by atoms with Crippen molar-refractivity contribution in [3.8, 4) is 0 Å². The molecule has 0 aromatic heterocycles. The monoisotopic (exact) mass is 288 g/mol. The Kier molecular flexibility index (Phi) is 4.11. The minimum atomic E-state index is -1.47. The largest absolute Gasteiger partial charge is 0.480 e. The van der Waals surface area contributed by atoms with E-state index in [-0.39, 0.29) is 11.5 Å². The van der Waals surface area contributed by atoms with Crippen LogP contribution >= 0.6 is 11.8 Å². The summed E-state index contributed by atoms with van der Waals surface area (Å²) in [5.74, 6) is -0.0700. The van der Waals surface area contributed by atoms with Crippen molar-refractivity contribution < 1.29 is 24.2 Å². The van der Waals surface area contributed by atoms with Gasteiger partial charge in [0.1, 0.15) is 0 Å². The van der Waals surface area contributed by atoms with Crippen LogP contribution < -0.4 is 0 Å². The molecule has 3 unspecified atom stereocenters. The molecule has 6 heteroatoms. The number of ether oxygens (including phenoxy) is 2. The maximum absolute atomic E-state index is 11.9. The molecule has 0 aromatic rings. The summed E-state index contributed by atoms with van der Waals surface area (Å²) in [6.07, 6.45) is 2.15. The summed E-state index contributed by atoms with van der Waals surface area (Å²) in [4.78, 5) is 23.5. The van der Waals surface area contributed by atoms with Gasteiger partial charge in [0, 0.05) is 12.4 Å². The normalized spacial score (nSPS) is 33.9. The fourth-order valence-corrected chi connectivity index (χ4v) is 4.40. The number of methoxy groups -OCH3 is 1. The number of carbonyl (C=O) groups excluding carboxylic acids is 1. The third-order valence-electron chi connectivity index (χ3n) is 4.43. The van der Waals surface area contributed by atoms with Crippen LogP contribution in [-0.4, -0.2) is 47.9 Å². The second-order valence-electron chi connectivity index (χ2n) is 5.52. The molecule has 1 N–H and O–H groups in total. The van der Waals surface area contributed by atoms with Gasteiger partial charge in [0.05, 0.1) is 12.7 Å². The number of carboxylic acids is 1. The Bertz CT molecular complexity index is 377. The summed E-state index contributed by atoms with van der Waals surface area (Å²) in [6, 6.07) is 0. The van der Waals surface area contributed by atoms with Crippen molar-refractivity contribution in [2.75, 3.05) is 25.2 Å². The van der Waals surface area contributed by atoms with Crippen LogP contribution in [0.15, 0.2) is 0 Å². The predicted molar refractivity (Wildman–Crippen MR) is 71.1 cm³/mol. The molecule has 2 aliphatic heterocycles. The second kappa shape index (κ2) is 5.32. The topological polar surface area (TPSA) is 72.8 Å². The molecule has 0 saturated carbocycles. The van der Waals surface area contributed by atoms with Gasteiger partial charge in [0.2, 0.25) is 0 Å². The Hall–Kier alpha value is -0.750. The van der Waals surface area contributed by atoms with Crippen LogP contribution in [0.5, 0.6) is 0 Å². The van der Waals surface area contributed by atoms with E-state index in [0.717, 1.165) is 17.9 Å². The van der Waals surface area contributed by atoms with Crippen molar-refractivity contribution in [2.45, 2.75) is 31.8 Å². The molecule has 1 spiro atoms. The van der Waals surface area contributed by atoms with Crippen LogP contribution in [0.1, 0.15) is 26.2 Å². The maximum atomic E-state index is 11.9. The number of hydrogen-bond donors (Lipinski definition) is 1. The van der Waals surface area contributed by atoms with E-state index in [0.29, 0.717) is 19.4 Å². The SMILES string of the molecule is COC(=O)C(C)(C(=O)O)C1CCOC2(CCSC2)C1. The molecule has 0 bridgehead atoms. The third kappa shape index (κ3) is 2.48. The molecule has 19 heavy (non-hydrogen) atoms. The Morgan fingerprint density at radius 1 is 1.53 bits per heavy atom. The van der Waals surface area contributed by atoms with Crippen LogP contribution in [0.3, 0.4) is 0 Å². The van der Waals surface area contributed by atoms with Gasteiger partial charge in [-0.1, -0.05) is 0 Å². The highest BCUT2D eigenvalue weighted by atomic mass is 32.2. The van der Waals surface area contributed by atoms with Gasteiger partial charge in [-0.15, -0.1) is 0 Å². The standard InChI is InChI=1S/C13H20O5S/c1-12(10(14)15,11(16)17-2)9-3-5-18-13(7-9)4-6-19-8-13/h9H,3-8H2,1-2H3,(H,14,15). The van der Waals surface area contributed by atoms with E-state index in [1.54, 1.807) is 0 Å². The number of rotatable bonds is 3. The van der Waals surface area contributed by atoms with E-state index >= 15 is 0 Å². The molecule has 2 heterocycles. The first-order chi connectivity index (χ1) is 8.94. The maximum Gasteiger partial charge on any atom is 0.323 e. The van der Waals surface area contributed by atoms with Gasteiger partial charge in [-0.3, -0.25) is 9.59 Å². The molecule has 0 aliphatic carbocycles. The van der Waals surface area contributed by atoms with E-state index in [4.69, 9.17) is 9.47 Å². The van der Waals surface area contributed by atoms with E-state index in [1.807, 2.05) is 11.8 Å². The van der Waals surface area contributed by atoms with E-state index in [2.05, 4.69) is 0 Å². The van der Waals surface area contributed by atoms with Crippen LogP contribution in [0, 0.1) is 11.3 Å². The predicted octanol–water partition coefficient (Wildman–Crippen LogP) is 1.55. The first-order valence-corrected chi connectivity index (χ1v) is 7.63. The van der Waals surface area contributed by atoms with Crippen molar-refractivity contribution in [1.29, 1.82) is 0 Å². The molecule has 108 valence electrons. The molecule has 2 aliphatic rings. The van der Waals surface area contributed by atoms with Crippen molar-refractivity contribution in [3.05, 3.63) is 0 Å². The highest BCUT2D eigenvalue weighted by molar-refractivity contribution is 7.99. The van der Waals surface area contributed by atoms with E-state index in [9.17, 15) is 14.7 Å². The van der Waals surface area contributed by atoms with Crippen molar-refractivity contribution in [3.63, 3.8) is 0 Å². The highest BCUT2D eigenvalue weighted by Gasteiger charge is 2.54. The molecule has 2 fully saturated rings. The van der Waals surface area contributed by atoms with E-state index in [1.165, 1.54) is 14.0 Å². The summed E-state index contributed by atoms with van der Waals surface area (Å²) in [6.45, 7) is 2.00. The Morgan fingerprint density at radius 2 is 2.26 bits per heavy atom.